The van der Waals surface area contributed by atoms with Gasteiger partial charge < -0.3 is 9.84 Å². The average molecular weight is 261 g/mol. The average Bonchev–Trinajstić information content (AvgIpc) is 2.52. The zero-order valence-corrected chi connectivity index (χ0v) is 11.5. The maximum Gasteiger partial charge on any atom is 0.130 e. The molecule has 5 heteroatoms. The third-order valence-electron chi connectivity index (χ3n) is 2.74. The summed E-state index contributed by atoms with van der Waals surface area (Å²) in [6.07, 6.45) is 1.78. The number of aliphatic hydroxyl groups excluding tert-OH is 1. The Hall–Kier alpha value is -0.580. The van der Waals surface area contributed by atoms with Gasteiger partial charge >= 0.3 is 0 Å². The first-order valence-electron chi connectivity index (χ1n) is 6.00. The third kappa shape index (κ3) is 4.30. The second-order valence-corrected chi connectivity index (χ2v) is 4.53. The fourth-order valence-corrected chi connectivity index (χ4v) is 2.06. The summed E-state index contributed by atoms with van der Waals surface area (Å²) in [5, 5.41) is 14.7. The second kappa shape index (κ2) is 6.99. The SMILES string of the molecule is CCOCCCC(O)Cc1c(C)nn(C)c1Cl. The smallest absolute Gasteiger partial charge is 0.130 e. The molecule has 0 radical (unpaired) electrons. The first-order valence-corrected chi connectivity index (χ1v) is 6.37. The molecule has 4 nitrogen and oxygen atoms in total. The molecule has 1 unspecified atom stereocenters. The molecule has 1 aromatic heterocycles. The van der Waals surface area contributed by atoms with Crippen molar-refractivity contribution in [3.05, 3.63) is 16.4 Å². The highest BCUT2D eigenvalue weighted by molar-refractivity contribution is 6.30. The number of aromatic nitrogens is 2. The van der Waals surface area contributed by atoms with E-state index in [9.17, 15) is 5.11 Å². The number of aliphatic hydroxyl groups is 1. The molecule has 1 rings (SSSR count). The summed E-state index contributed by atoms with van der Waals surface area (Å²) >= 11 is 6.11. The van der Waals surface area contributed by atoms with Crippen molar-refractivity contribution in [2.75, 3.05) is 13.2 Å². The van der Waals surface area contributed by atoms with E-state index in [1.165, 1.54) is 0 Å². The Morgan fingerprint density at radius 3 is 2.76 bits per heavy atom. The predicted molar refractivity (Wildman–Crippen MR) is 68.4 cm³/mol. The first-order chi connectivity index (χ1) is 8.06. The fourth-order valence-electron chi connectivity index (χ4n) is 1.81. The van der Waals surface area contributed by atoms with Gasteiger partial charge in [0.25, 0.3) is 0 Å². The zero-order valence-electron chi connectivity index (χ0n) is 10.7. The van der Waals surface area contributed by atoms with Crippen LogP contribution in [0.1, 0.15) is 31.0 Å². The lowest BCUT2D eigenvalue weighted by molar-refractivity contribution is 0.114. The second-order valence-electron chi connectivity index (χ2n) is 4.18. The van der Waals surface area contributed by atoms with E-state index in [-0.39, 0.29) is 6.10 Å². The molecule has 98 valence electrons. The topological polar surface area (TPSA) is 47.3 Å². The van der Waals surface area contributed by atoms with Gasteiger partial charge in [-0.2, -0.15) is 5.10 Å². The Balaban J connectivity index is 2.42. The summed E-state index contributed by atoms with van der Waals surface area (Å²) in [6.45, 7) is 5.31. The molecule has 1 aromatic rings. The quantitative estimate of drug-likeness (QED) is 0.764. The van der Waals surface area contributed by atoms with Crippen molar-refractivity contribution in [2.24, 2.45) is 7.05 Å². The summed E-state index contributed by atoms with van der Waals surface area (Å²) < 4.78 is 6.87. The Labute approximate surface area is 108 Å². The van der Waals surface area contributed by atoms with Crippen LogP contribution in [0.15, 0.2) is 0 Å². The van der Waals surface area contributed by atoms with Crippen LogP contribution in [0, 0.1) is 6.92 Å². The molecule has 1 atom stereocenters. The molecular weight excluding hydrogens is 240 g/mol. The highest BCUT2D eigenvalue weighted by atomic mass is 35.5. The number of hydrogen-bond acceptors (Lipinski definition) is 3. The van der Waals surface area contributed by atoms with Gasteiger partial charge in [-0.3, -0.25) is 4.68 Å². The lowest BCUT2D eigenvalue weighted by Gasteiger charge is -2.10. The zero-order chi connectivity index (χ0) is 12.8. The maximum atomic E-state index is 9.91. The number of ether oxygens (including phenoxy) is 1. The minimum atomic E-state index is -0.379. The lowest BCUT2D eigenvalue weighted by Crippen LogP contribution is -2.12. The van der Waals surface area contributed by atoms with E-state index < -0.39 is 0 Å². The summed E-state index contributed by atoms with van der Waals surface area (Å²) in [6, 6.07) is 0. The van der Waals surface area contributed by atoms with Crippen LogP contribution in [0.25, 0.3) is 0 Å². The van der Waals surface area contributed by atoms with Gasteiger partial charge in [0.15, 0.2) is 0 Å². The van der Waals surface area contributed by atoms with E-state index >= 15 is 0 Å². The van der Waals surface area contributed by atoms with Gasteiger partial charge in [-0.05, 0) is 26.7 Å². The minimum Gasteiger partial charge on any atom is -0.393 e. The van der Waals surface area contributed by atoms with E-state index in [0.717, 1.165) is 30.7 Å². The third-order valence-corrected chi connectivity index (χ3v) is 3.21. The van der Waals surface area contributed by atoms with E-state index in [2.05, 4.69) is 5.10 Å². The van der Waals surface area contributed by atoms with Crippen LogP contribution in [0.3, 0.4) is 0 Å². The first kappa shape index (κ1) is 14.5. The van der Waals surface area contributed by atoms with Crippen molar-refractivity contribution in [1.29, 1.82) is 0 Å². The van der Waals surface area contributed by atoms with Crippen LogP contribution >= 0.6 is 11.6 Å². The molecule has 17 heavy (non-hydrogen) atoms. The van der Waals surface area contributed by atoms with Gasteiger partial charge in [0, 0.05) is 32.2 Å². The van der Waals surface area contributed by atoms with Gasteiger partial charge in [-0.15, -0.1) is 0 Å². The van der Waals surface area contributed by atoms with Gasteiger partial charge in [0.1, 0.15) is 5.15 Å². The monoisotopic (exact) mass is 260 g/mol. The molecule has 0 saturated carbocycles. The van der Waals surface area contributed by atoms with Gasteiger partial charge in [0.05, 0.1) is 11.8 Å². The molecule has 0 aliphatic carbocycles. The molecule has 1 heterocycles. The van der Waals surface area contributed by atoms with Gasteiger partial charge in [-0.25, -0.2) is 0 Å². The van der Waals surface area contributed by atoms with Crippen LogP contribution in [-0.2, 0) is 18.2 Å². The van der Waals surface area contributed by atoms with E-state index in [0.29, 0.717) is 18.2 Å². The van der Waals surface area contributed by atoms with E-state index in [1.54, 1.807) is 11.7 Å². The number of rotatable bonds is 7. The van der Waals surface area contributed by atoms with Crippen LogP contribution in [0.5, 0.6) is 0 Å². The van der Waals surface area contributed by atoms with Crippen LogP contribution in [0.2, 0.25) is 5.15 Å². The minimum absolute atomic E-state index is 0.379. The molecule has 0 spiro atoms. The number of aryl methyl sites for hydroxylation is 2. The lowest BCUT2D eigenvalue weighted by atomic mass is 10.1. The van der Waals surface area contributed by atoms with Crippen molar-refractivity contribution in [3.63, 3.8) is 0 Å². The summed E-state index contributed by atoms with van der Waals surface area (Å²) in [4.78, 5) is 0. The van der Waals surface area contributed by atoms with E-state index in [4.69, 9.17) is 16.3 Å². The predicted octanol–water partition coefficient (Wildman–Crippen LogP) is 2.10. The van der Waals surface area contributed by atoms with Gasteiger partial charge in [0.2, 0.25) is 0 Å². The molecule has 0 bridgehead atoms. The highest BCUT2D eigenvalue weighted by Crippen LogP contribution is 2.21. The molecule has 0 aromatic carbocycles. The summed E-state index contributed by atoms with van der Waals surface area (Å²) in [5.74, 6) is 0. The normalized spacial score (nSPS) is 13.0. The Morgan fingerprint density at radius 2 is 2.24 bits per heavy atom. The van der Waals surface area contributed by atoms with Crippen LogP contribution in [0.4, 0.5) is 0 Å². The van der Waals surface area contributed by atoms with E-state index in [1.807, 2.05) is 13.8 Å². The molecule has 1 N–H and O–H groups in total. The molecule has 0 amide bonds. The molecule has 0 saturated heterocycles. The highest BCUT2D eigenvalue weighted by Gasteiger charge is 2.15. The standard InChI is InChI=1S/C12H21ClN2O2/c1-4-17-7-5-6-10(16)8-11-9(2)14-15(3)12(11)13/h10,16H,4-8H2,1-3H3. The maximum absolute atomic E-state index is 9.91. The Morgan fingerprint density at radius 1 is 1.53 bits per heavy atom. The Bertz CT molecular complexity index is 353. The number of nitrogens with zero attached hydrogens (tertiary/aromatic N) is 2. The number of hydrogen-bond donors (Lipinski definition) is 1. The molecule has 0 aliphatic heterocycles. The fraction of sp³-hybridized carbons (Fsp3) is 0.750. The largest absolute Gasteiger partial charge is 0.393 e. The van der Waals surface area contributed by atoms with Gasteiger partial charge in [-0.1, -0.05) is 11.6 Å². The summed E-state index contributed by atoms with van der Waals surface area (Å²) in [5.41, 5.74) is 1.83. The van der Waals surface area contributed by atoms with Crippen molar-refractivity contribution in [2.45, 2.75) is 39.2 Å². The number of halogens is 1. The molecule has 0 fully saturated rings. The summed E-state index contributed by atoms with van der Waals surface area (Å²) in [7, 11) is 1.81. The van der Waals surface area contributed by atoms with Crippen LogP contribution in [-0.4, -0.2) is 34.2 Å². The Kier molecular flexibility index (Phi) is 5.95. The molecule has 0 aliphatic rings. The van der Waals surface area contributed by atoms with Crippen molar-refractivity contribution < 1.29 is 9.84 Å². The van der Waals surface area contributed by atoms with Crippen molar-refractivity contribution in [3.8, 4) is 0 Å². The van der Waals surface area contributed by atoms with Crippen molar-refractivity contribution >= 4 is 11.6 Å². The van der Waals surface area contributed by atoms with Crippen LogP contribution < -0.4 is 0 Å². The van der Waals surface area contributed by atoms with Crippen molar-refractivity contribution in [1.82, 2.24) is 9.78 Å². The molecular formula is C12H21ClN2O2.